The number of ether oxygens (including phenoxy) is 2. The summed E-state index contributed by atoms with van der Waals surface area (Å²) in [4.78, 5) is 43.4. The smallest absolute Gasteiger partial charge is 0.334 e. The summed E-state index contributed by atoms with van der Waals surface area (Å²) in [7, 11) is 2.73. The van der Waals surface area contributed by atoms with Crippen LogP contribution >= 0.6 is 0 Å². The van der Waals surface area contributed by atoms with Crippen LogP contribution in [0.3, 0.4) is 0 Å². The quantitative estimate of drug-likeness (QED) is 0.121. The predicted molar refractivity (Wildman–Crippen MR) is 182 cm³/mol. The van der Waals surface area contributed by atoms with Crippen molar-refractivity contribution in [2.24, 2.45) is 35.5 Å². The Morgan fingerprint density at radius 2 is 0.875 bits per heavy atom. The van der Waals surface area contributed by atoms with Gasteiger partial charge in [0.2, 0.25) is 0 Å². The highest BCUT2D eigenvalue weighted by molar-refractivity contribution is 6.23. The van der Waals surface area contributed by atoms with E-state index in [4.69, 9.17) is 9.47 Å². The Bertz CT molecular complexity index is 2160. The van der Waals surface area contributed by atoms with E-state index in [9.17, 15) is 9.59 Å². The second-order valence-corrected chi connectivity index (χ2v) is 14.0. The topological polar surface area (TPSA) is 69.7 Å². The molecule has 234 valence electrons. The van der Waals surface area contributed by atoms with Crippen molar-refractivity contribution in [3.8, 4) is 0 Å². The highest BCUT2D eigenvalue weighted by Gasteiger charge is 2.85. The number of allylic oxidation sites excluding steroid dienone is 2. The average molecular weight is 629 g/mol. The minimum Gasteiger partial charge on any atom is -0.466 e. The molecule has 5 nitrogen and oxygen atoms in total. The zero-order valence-electron chi connectivity index (χ0n) is 26.6. The van der Waals surface area contributed by atoms with Crippen LogP contribution in [0.2, 0.25) is 0 Å². The number of Topliss-reactive ketones (excluding diaryl/α,β-unsaturated/α-hetero) is 1. The van der Waals surface area contributed by atoms with Crippen molar-refractivity contribution in [1.82, 2.24) is 0 Å². The number of carbonyl (C=O) groups excluding carboxylic acids is 3. The third kappa shape index (κ3) is 2.86. The first kappa shape index (κ1) is 27.8. The van der Waals surface area contributed by atoms with Gasteiger partial charge in [0, 0.05) is 11.8 Å². The summed E-state index contributed by atoms with van der Waals surface area (Å²) in [5.74, 6) is -1.91. The lowest BCUT2D eigenvalue weighted by Crippen LogP contribution is -2.65. The lowest BCUT2D eigenvalue weighted by Gasteiger charge is -2.66. The van der Waals surface area contributed by atoms with E-state index in [1.165, 1.54) is 14.2 Å². The van der Waals surface area contributed by atoms with Gasteiger partial charge in [0.1, 0.15) is 0 Å². The van der Waals surface area contributed by atoms with Crippen LogP contribution in [-0.2, 0) is 34.7 Å². The number of hydrogen-bond acceptors (Lipinski definition) is 5. The molecule has 0 aliphatic heterocycles. The highest BCUT2D eigenvalue weighted by atomic mass is 16.5. The largest absolute Gasteiger partial charge is 0.466 e. The number of esters is 2. The number of ketones is 1. The maximum atomic E-state index is 16.3. The SMILES string of the molecule is COC(=O)C1=C(C(=O)OC)[C@@H]2C=C[C@@H]1[C@@H]1[C@@H]2[C@@H]2[C@@H]1[C@@]1(c3ccccc3)C(=O)[C@@]2(c2ccccc2)c2c1c1ccccc1c1ccccc21. The molecular formula is C43H32O5. The molecule has 8 atom stereocenters. The standard InChI is InChI=1S/C43H32O5/c1-47-39(44)33-29-21-22-30(34(33)40(45)48-2)32-31(29)37-38(32)43(24-15-7-4-8-16-24)36-28-20-12-10-18-26(28)25-17-9-11-19-27(25)35(36)42(37,41(43)46)23-13-5-3-6-14-23/h3-22,29-32,37-38H,1-2H3/t29-,30-,31-,32-,37-,38-,42+,43+/m1/s1. The van der Waals surface area contributed by atoms with Crippen molar-refractivity contribution in [2.75, 3.05) is 14.2 Å². The maximum Gasteiger partial charge on any atom is 0.334 e. The normalized spacial score (nSPS) is 31.8. The van der Waals surface area contributed by atoms with Crippen molar-refractivity contribution in [1.29, 1.82) is 0 Å². The number of methoxy groups -OCH3 is 2. The first-order valence-electron chi connectivity index (χ1n) is 16.7. The zero-order chi connectivity index (χ0) is 32.5. The second kappa shape index (κ2) is 9.41. The van der Waals surface area contributed by atoms with Crippen LogP contribution in [0.15, 0.2) is 132 Å². The van der Waals surface area contributed by atoms with E-state index in [-0.39, 0.29) is 41.3 Å². The Balaban J connectivity index is 1.39. The molecule has 0 radical (unpaired) electrons. The molecule has 0 aromatic heterocycles. The van der Waals surface area contributed by atoms with E-state index in [2.05, 4.69) is 84.9 Å². The van der Waals surface area contributed by atoms with Gasteiger partial charge < -0.3 is 9.47 Å². The molecule has 0 amide bonds. The first-order chi connectivity index (χ1) is 23.5. The Labute approximate surface area is 277 Å². The van der Waals surface area contributed by atoms with E-state index in [0.717, 1.165) is 43.8 Å². The van der Waals surface area contributed by atoms with E-state index >= 15 is 4.79 Å². The van der Waals surface area contributed by atoms with Gasteiger partial charge in [-0.1, -0.05) is 121 Å². The zero-order valence-corrected chi connectivity index (χ0v) is 26.6. The van der Waals surface area contributed by atoms with E-state index < -0.39 is 22.8 Å². The van der Waals surface area contributed by atoms with Crippen LogP contribution < -0.4 is 0 Å². The minimum absolute atomic E-state index is 0.0550. The number of rotatable bonds is 4. The summed E-state index contributed by atoms with van der Waals surface area (Å²) < 4.78 is 10.6. The molecular weight excluding hydrogens is 596 g/mol. The van der Waals surface area contributed by atoms with Gasteiger partial charge in [0.25, 0.3) is 0 Å². The van der Waals surface area contributed by atoms with Crippen LogP contribution in [0.5, 0.6) is 0 Å². The number of carbonyl (C=O) groups is 3. The van der Waals surface area contributed by atoms with Crippen molar-refractivity contribution in [3.05, 3.63) is 155 Å². The number of hydrogen-bond donors (Lipinski definition) is 0. The van der Waals surface area contributed by atoms with Crippen molar-refractivity contribution < 1.29 is 23.9 Å². The Morgan fingerprint density at radius 3 is 1.25 bits per heavy atom. The molecule has 0 N–H and O–H groups in total. The summed E-state index contributed by atoms with van der Waals surface area (Å²) in [6.45, 7) is 0. The first-order valence-corrected chi connectivity index (χ1v) is 16.7. The van der Waals surface area contributed by atoms with Gasteiger partial charge in [0.05, 0.1) is 36.2 Å². The molecule has 48 heavy (non-hydrogen) atoms. The number of benzene rings is 5. The molecule has 0 spiro atoms. The molecule has 2 fully saturated rings. The van der Waals surface area contributed by atoms with Crippen LogP contribution in [-0.4, -0.2) is 31.9 Å². The minimum atomic E-state index is -0.972. The van der Waals surface area contributed by atoms with Crippen LogP contribution in [0.4, 0.5) is 0 Å². The fourth-order valence-electron chi connectivity index (χ4n) is 11.5. The summed E-state index contributed by atoms with van der Waals surface area (Å²) in [6, 6.07) is 37.7. The lowest BCUT2D eigenvalue weighted by atomic mass is 9.35. The van der Waals surface area contributed by atoms with E-state index in [1.54, 1.807) is 0 Å². The third-order valence-electron chi connectivity index (χ3n) is 12.7. The predicted octanol–water partition coefficient (Wildman–Crippen LogP) is 7.10. The van der Waals surface area contributed by atoms with Gasteiger partial charge in [-0.15, -0.1) is 0 Å². The summed E-state index contributed by atoms with van der Waals surface area (Å²) in [5, 5.41) is 4.45. The molecule has 11 rings (SSSR count). The van der Waals surface area contributed by atoms with Crippen molar-refractivity contribution in [2.45, 2.75) is 10.8 Å². The van der Waals surface area contributed by atoms with Gasteiger partial charge in [0.15, 0.2) is 5.78 Å². The van der Waals surface area contributed by atoms with Gasteiger partial charge in [-0.3, -0.25) is 4.79 Å². The van der Waals surface area contributed by atoms with Gasteiger partial charge in [-0.2, -0.15) is 0 Å². The van der Waals surface area contributed by atoms with Crippen molar-refractivity contribution in [3.63, 3.8) is 0 Å². The Hall–Kier alpha value is -5.29. The molecule has 2 saturated carbocycles. The van der Waals surface area contributed by atoms with Gasteiger partial charge in [-0.25, -0.2) is 9.59 Å². The number of fused-ring (bicyclic) bond motifs is 13. The summed E-state index contributed by atoms with van der Waals surface area (Å²) >= 11 is 0. The molecule has 4 bridgehead atoms. The Kier molecular flexibility index (Phi) is 5.45. The molecule has 6 aliphatic carbocycles. The van der Waals surface area contributed by atoms with Gasteiger partial charge >= 0.3 is 11.9 Å². The van der Waals surface area contributed by atoms with Crippen LogP contribution in [0.25, 0.3) is 21.5 Å². The third-order valence-corrected chi connectivity index (χ3v) is 12.7. The maximum absolute atomic E-state index is 16.3. The Morgan fingerprint density at radius 1 is 0.521 bits per heavy atom. The van der Waals surface area contributed by atoms with Crippen molar-refractivity contribution >= 4 is 39.3 Å². The summed E-state index contributed by atoms with van der Waals surface area (Å²) in [6.07, 6.45) is 4.18. The molecule has 0 saturated heterocycles. The van der Waals surface area contributed by atoms with E-state index in [0.29, 0.717) is 11.1 Å². The van der Waals surface area contributed by atoms with Crippen LogP contribution in [0.1, 0.15) is 22.3 Å². The average Bonchev–Trinajstić information content (AvgIpc) is 3.49. The molecule has 5 aromatic rings. The second-order valence-electron chi connectivity index (χ2n) is 14.0. The molecule has 0 unspecified atom stereocenters. The van der Waals surface area contributed by atoms with E-state index in [1.807, 2.05) is 36.4 Å². The molecule has 5 aromatic carbocycles. The fraction of sp³-hybridized carbons (Fsp3) is 0.233. The highest BCUT2D eigenvalue weighted by Crippen LogP contribution is 2.82. The molecule has 5 heteroatoms. The van der Waals surface area contributed by atoms with Gasteiger partial charge in [-0.05, 0) is 67.5 Å². The molecule has 6 aliphatic rings. The lowest BCUT2D eigenvalue weighted by molar-refractivity contribution is -0.147. The van der Waals surface area contributed by atoms with Crippen LogP contribution in [0, 0.1) is 35.5 Å². The molecule has 0 heterocycles. The monoisotopic (exact) mass is 628 g/mol. The fourth-order valence-corrected chi connectivity index (χ4v) is 11.5. The summed E-state index contributed by atoms with van der Waals surface area (Å²) in [5.41, 5.74) is 2.99.